The molecule has 1 saturated heterocycles. The Kier molecular flexibility index (Phi) is 5.32. The van der Waals surface area contributed by atoms with Gasteiger partial charge < -0.3 is 14.7 Å². The van der Waals surface area contributed by atoms with E-state index in [1.54, 1.807) is 18.2 Å². The molecule has 0 saturated carbocycles. The molecule has 0 radical (unpaired) electrons. The summed E-state index contributed by atoms with van der Waals surface area (Å²) in [5, 5.41) is 10.0. The Labute approximate surface area is 138 Å². The Balaban J connectivity index is 2.27. The molecule has 2 rings (SSSR count). The lowest BCUT2D eigenvalue weighted by molar-refractivity contribution is -0.155. The van der Waals surface area contributed by atoms with Gasteiger partial charge in [-0.3, -0.25) is 9.59 Å². The van der Waals surface area contributed by atoms with Crippen molar-refractivity contribution in [3.8, 4) is 0 Å². The highest BCUT2D eigenvalue weighted by Gasteiger charge is 2.44. The smallest absolute Gasteiger partial charge is 0.313 e. The van der Waals surface area contributed by atoms with Gasteiger partial charge in [0.15, 0.2) is 0 Å². The maximum atomic E-state index is 12.6. The Hall–Kier alpha value is -1.30. The van der Waals surface area contributed by atoms with Gasteiger partial charge in [0.05, 0.1) is 22.2 Å². The first kappa shape index (κ1) is 17.1. The van der Waals surface area contributed by atoms with Crippen molar-refractivity contribution in [2.75, 3.05) is 26.8 Å². The fraction of sp³-hybridized carbons (Fsp3) is 0.467. The maximum Gasteiger partial charge on any atom is 0.313 e. The van der Waals surface area contributed by atoms with E-state index >= 15 is 0 Å². The van der Waals surface area contributed by atoms with E-state index in [4.69, 9.17) is 27.9 Å². The number of likely N-dealkylation sites (tertiary alicyclic amines) is 1. The number of hydrogen-bond acceptors (Lipinski definition) is 3. The van der Waals surface area contributed by atoms with Crippen LogP contribution in [0.1, 0.15) is 23.2 Å². The number of halogens is 2. The van der Waals surface area contributed by atoms with Crippen molar-refractivity contribution in [3.63, 3.8) is 0 Å². The minimum absolute atomic E-state index is 0.0649. The minimum atomic E-state index is -1.08. The van der Waals surface area contributed by atoms with Crippen molar-refractivity contribution < 1.29 is 19.4 Å². The summed E-state index contributed by atoms with van der Waals surface area (Å²) in [5.41, 5.74) is -0.791. The average Bonchev–Trinajstić information content (AvgIpc) is 2.50. The molecule has 1 aromatic carbocycles. The van der Waals surface area contributed by atoms with E-state index in [0.29, 0.717) is 24.4 Å². The van der Waals surface area contributed by atoms with Crippen LogP contribution < -0.4 is 0 Å². The molecule has 1 amide bonds. The first-order chi connectivity index (χ1) is 10.4. The van der Waals surface area contributed by atoms with Gasteiger partial charge in [-0.25, -0.2) is 0 Å². The molecular weight excluding hydrogens is 329 g/mol. The van der Waals surface area contributed by atoms with Crippen LogP contribution in [0.3, 0.4) is 0 Å². The van der Waals surface area contributed by atoms with Gasteiger partial charge in [0.2, 0.25) is 0 Å². The average molecular weight is 346 g/mol. The summed E-state index contributed by atoms with van der Waals surface area (Å²) in [7, 11) is 1.46. The normalized spacial score (nSPS) is 21.7. The Bertz CT molecular complexity index is 589. The molecule has 1 fully saturated rings. The van der Waals surface area contributed by atoms with E-state index in [1.165, 1.54) is 12.0 Å². The van der Waals surface area contributed by atoms with Crippen LogP contribution in [0.5, 0.6) is 0 Å². The zero-order chi connectivity index (χ0) is 16.3. The number of carboxylic acids is 1. The van der Waals surface area contributed by atoms with Crippen LogP contribution in [0.15, 0.2) is 18.2 Å². The van der Waals surface area contributed by atoms with E-state index in [2.05, 4.69) is 0 Å². The van der Waals surface area contributed by atoms with E-state index in [1.807, 2.05) is 0 Å². The van der Waals surface area contributed by atoms with Crippen LogP contribution in [0.4, 0.5) is 0 Å². The van der Waals surface area contributed by atoms with Gasteiger partial charge in [0.25, 0.3) is 5.91 Å². The topological polar surface area (TPSA) is 66.8 Å². The van der Waals surface area contributed by atoms with Gasteiger partial charge >= 0.3 is 5.97 Å². The molecule has 1 unspecified atom stereocenters. The summed E-state index contributed by atoms with van der Waals surface area (Å²) >= 11 is 12.0. The number of hydrogen-bond donors (Lipinski definition) is 1. The SMILES string of the molecule is COCC1(C(=O)O)CCCN(C(=O)c2cccc(Cl)c2Cl)C1. The molecule has 0 bridgehead atoms. The van der Waals surface area contributed by atoms with Gasteiger partial charge in [-0.2, -0.15) is 0 Å². The predicted molar refractivity (Wildman–Crippen MR) is 83.5 cm³/mol. The number of ether oxygens (including phenoxy) is 1. The monoisotopic (exact) mass is 345 g/mol. The van der Waals surface area contributed by atoms with Gasteiger partial charge in [-0.1, -0.05) is 29.3 Å². The lowest BCUT2D eigenvalue weighted by Crippen LogP contribution is -2.52. The van der Waals surface area contributed by atoms with Gasteiger partial charge in [0.1, 0.15) is 5.41 Å². The Morgan fingerprint density at radius 1 is 1.41 bits per heavy atom. The molecule has 0 aliphatic carbocycles. The number of carboxylic acid groups (broad SMARTS) is 1. The summed E-state index contributed by atoms with van der Waals surface area (Å²) < 4.78 is 5.06. The first-order valence-corrected chi connectivity index (χ1v) is 7.62. The highest BCUT2D eigenvalue weighted by atomic mass is 35.5. The summed E-state index contributed by atoms with van der Waals surface area (Å²) in [6.07, 6.45) is 1.07. The second kappa shape index (κ2) is 6.86. The molecule has 1 aromatic rings. The number of nitrogens with zero attached hydrogens (tertiary/aromatic N) is 1. The summed E-state index contributed by atoms with van der Waals surface area (Å²) in [5.74, 6) is -1.27. The molecule has 0 aromatic heterocycles. The quantitative estimate of drug-likeness (QED) is 0.910. The number of carbonyl (C=O) groups is 2. The maximum absolute atomic E-state index is 12.6. The third-order valence-electron chi connectivity index (χ3n) is 3.92. The third-order valence-corrected chi connectivity index (χ3v) is 4.74. The third kappa shape index (κ3) is 3.21. The number of benzene rings is 1. The number of aliphatic carboxylic acids is 1. The van der Waals surface area contributed by atoms with Crippen molar-refractivity contribution in [2.45, 2.75) is 12.8 Å². The number of piperidine rings is 1. The first-order valence-electron chi connectivity index (χ1n) is 6.87. The molecular formula is C15H17Cl2NO4. The molecule has 7 heteroatoms. The van der Waals surface area contributed by atoms with Crippen molar-refractivity contribution in [1.29, 1.82) is 0 Å². The molecule has 1 atom stereocenters. The Morgan fingerprint density at radius 3 is 2.77 bits per heavy atom. The highest BCUT2D eigenvalue weighted by molar-refractivity contribution is 6.43. The molecule has 5 nitrogen and oxygen atoms in total. The number of carbonyl (C=O) groups excluding carboxylic acids is 1. The van der Waals surface area contributed by atoms with Crippen LogP contribution in [0, 0.1) is 5.41 Å². The van der Waals surface area contributed by atoms with Crippen molar-refractivity contribution in [1.82, 2.24) is 4.90 Å². The van der Waals surface area contributed by atoms with E-state index in [-0.39, 0.29) is 29.6 Å². The van der Waals surface area contributed by atoms with Gasteiger partial charge in [0, 0.05) is 20.2 Å². The predicted octanol–water partition coefficient (Wildman–Crippen LogP) is 2.95. The summed E-state index contributed by atoms with van der Waals surface area (Å²) in [6.45, 7) is 0.646. The molecule has 120 valence electrons. The van der Waals surface area contributed by atoms with Crippen LogP contribution in [-0.2, 0) is 9.53 Å². The summed E-state index contributed by atoms with van der Waals surface area (Å²) in [4.78, 5) is 25.8. The number of amides is 1. The molecule has 0 spiro atoms. The second-order valence-corrected chi connectivity index (χ2v) is 6.24. The van der Waals surface area contributed by atoms with Gasteiger partial charge in [-0.05, 0) is 25.0 Å². The second-order valence-electron chi connectivity index (χ2n) is 5.45. The zero-order valence-corrected chi connectivity index (χ0v) is 13.7. The summed E-state index contributed by atoms with van der Waals surface area (Å²) in [6, 6.07) is 4.83. The van der Waals surface area contributed by atoms with Crippen LogP contribution in [0.2, 0.25) is 10.0 Å². The van der Waals surface area contributed by atoms with Crippen LogP contribution in [-0.4, -0.2) is 48.7 Å². The Morgan fingerprint density at radius 2 is 2.14 bits per heavy atom. The number of rotatable bonds is 4. The lowest BCUT2D eigenvalue weighted by atomic mass is 9.80. The standard InChI is InChI=1S/C15H17Cl2NO4/c1-22-9-15(14(20)21)6-3-7-18(8-15)13(19)10-4-2-5-11(16)12(10)17/h2,4-5H,3,6-9H2,1H3,(H,20,21). The van der Waals surface area contributed by atoms with E-state index in [0.717, 1.165) is 0 Å². The minimum Gasteiger partial charge on any atom is -0.481 e. The largest absolute Gasteiger partial charge is 0.481 e. The number of methoxy groups -OCH3 is 1. The fourth-order valence-corrected chi connectivity index (χ4v) is 3.16. The van der Waals surface area contributed by atoms with Crippen LogP contribution in [0.25, 0.3) is 0 Å². The molecule has 1 aliphatic rings. The van der Waals surface area contributed by atoms with Crippen molar-refractivity contribution in [2.24, 2.45) is 5.41 Å². The lowest BCUT2D eigenvalue weighted by Gasteiger charge is -2.39. The van der Waals surface area contributed by atoms with Crippen LogP contribution >= 0.6 is 23.2 Å². The van der Waals surface area contributed by atoms with Crippen molar-refractivity contribution in [3.05, 3.63) is 33.8 Å². The molecule has 1 aliphatic heterocycles. The molecule has 1 N–H and O–H groups in total. The van der Waals surface area contributed by atoms with Crippen molar-refractivity contribution >= 4 is 35.1 Å². The van der Waals surface area contributed by atoms with Gasteiger partial charge in [-0.15, -0.1) is 0 Å². The highest BCUT2D eigenvalue weighted by Crippen LogP contribution is 2.33. The fourth-order valence-electron chi connectivity index (χ4n) is 2.77. The van der Waals surface area contributed by atoms with E-state index < -0.39 is 11.4 Å². The van der Waals surface area contributed by atoms with E-state index in [9.17, 15) is 14.7 Å². The molecule has 1 heterocycles. The molecule has 22 heavy (non-hydrogen) atoms. The zero-order valence-electron chi connectivity index (χ0n) is 12.1.